The number of ether oxygens (including phenoxy) is 1. The molecule has 0 saturated carbocycles. The molecule has 0 radical (unpaired) electrons. The van der Waals surface area contributed by atoms with Gasteiger partial charge in [-0.1, -0.05) is 12.5 Å². The van der Waals surface area contributed by atoms with Crippen LogP contribution in [-0.4, -0.2) is 24.6 Å². The molecule has 1 atom stereocenters. The van der Waals surface area contributed by atoms with Crippen molar-refractivity contribution >= 4 is 0 Å². The minimum Gasteiger partial charge on any atom is -0.495 e. The highest BCUT2D eigenvalue weighted by Gasteiger charge is 2.18. The van der Waals surface area contributed by atoms with Crippen molar-refractivity contribution in [1.29, 1.82) is 5.26 Å². The molecular formula is C15H20N2O. The standard InChI is InChI=1S/C15H20N2O/c1-12-5-3-4-8-17(12)11-13-6-7-14(10-16)15(9-13)18-2/h6-7,9,12H,3-5,8,11H2,1-2H3. The van der Waals surface area contributed by atoms with Crippen molar-refractivity contribution in [2.24, 2.45) is 0 Å². The Bertz CT molecular complexity index is 450. The van der Waals surface area contributed by atoms with E-state index in [1.165, 1.54) is 31.4 Å². The summed E-state index contributed by atoms with van der Waals surface area (Å²) in [6.45, 7) is 4.41. The van der Waals surface area contributed by atoms with Crippen LogP contribution in [0.5, 0.6) is 5.75 Å². The zero-order chi connectivity index (χ0) is 13.0. The first-order chi connectivity index (χ1) is 8.74. The minimum atomic E-state index is 0.605. The maximum absolute atomic E-state index is 8.96. The summed E-state index contributed by atoms with van der Waals surface area (Å²) in [4.78, 5) is 2.50. The summed E-state index contributed by atoms with van der Waals surface area (Å²) in [5.74, 6) is 0.680. The summed E-state index contributed by atoms with van der Waals surface area (Å²) < 4.78 is 5.25. The molecule has 0 amide bonds. The normalized spacial score (nSPS) is 20.4. The van der Waals surface area contributed by atoms with Crippen molar-refractivity contribution in [3.05, 3.63) is 29.3 Å². The highest BCUT2D eigenvalue weighted by Crippen LogP contribution is 2.23. The third-order valence-electron chi connectivity index (χ3n) is 3.71. The Morgan fingerprint density at radius 3 is 2.94 bits per heavy atom. The first kappa shape index (κ1) is 12.9. The van der Waals surface area contributed by atoms with Crippen LogP contribution < -0.4 is 4.74 Å². The quantitative estimate of drug-likeness (QED) is 0.820. The van der Waals surface area contributed by atoms with E-state index in [0.29, 0.717) is 17.4 Å². The van der Waals surface area contributed by atoms with Gasteiger partial charge in [0.2, 0.25) is 0 Å². The van der Waals surface area contributed by atoms with Gasteiger partial charge in [0.15, 0.2) is 0 Å². The van der Waals surface area contributed by atoms with Crippen molar-refractivity contribution in [3.63, 3.8) is 0 Å². The zero-order valence-corrected chi connectivity index (χ0v) is 11.1. The molecule has 2 rings (SSSR count). The van der Waals surface area contributed by atoms with Gasteiger partial charge >= 0.3 is 0 Å². The molecule has 0 spiro atoms. The van der Waals surface area contributed by atoms with Crippen LogP contribution in [0, 0.1) is 11.3 Å². The number of hydrogen-bond donors (Lipinski definition) is 0. The lowest BCUT2D eigenvalue weighted by Crippen LogP contribution is -2.36. The average molecular weight is 244 g/mol. The highest BCUT2D eigenvalue weighted by molar-refractivity contribution is 5.45. The monoisotopic (exact) mass is 244 g/mol. The van der Waals surface area contributed by atoms with Gasteiger partial charge in [0.05, 0.1) is 12.7 Å². The van der Waals surface area contributed by atoms with Gasteiger partial charge < -0.3 is 4.74 Å². The Morgan fingerprint density at radius 2 is 2.28 bits per heavy atom. The maximum atomic E-state index is 8.96. The lowest BCUT2D eigenvalue weighted by Gasteiger charge is -2.33. The molecule has 3 nitrogen and oxygen atoms in total. The number of benzene rings is 1. The van der Waals surface area contributed by atoms with Gasteiger partial charge in [0, 0.05) is 12.6 Å². The van der Waals surface area contributed by atoms with E-state index in [4.69, 9.17) is 10.00 Å². The van der Waals surface area contributed by atoms with Crippen LogP contribution in [0.15, 0.2) is 18.2 Å². The Hall–Kier alpha value is -1.53. The fourth-order valence-electron chi connectivity index (χ4n) is 2.55. The molecule has 1 saturated heterocycles. The summed E-state index contributed by atoms with van der Waals surface area (Å²) in [5, 5.41) is 8.96. The smallest absolute Gasteiger partial charge is 0.136 e. The number of piperidine rings is 1. The van der Waals surface area contributed by atoms with Crippen LogP contribution in [-0.2, 0) is 6.54 Å². The van der Waals surface area contributed by atoms with Crippen molar-refractivity contribution in [2.75, 3.05) is 13.7 Å². The molecule has 0 N–H and O–H groups in total. The second kappa shape index (κ2) is 5.88. The maximum Gasteiger partial charge on any atom is 0.136 e. The van der Waals surface area contributed by atoms with Crippen LogP contribution in [0.2, 0.25) is 0 Å². The molecule has 3 heteroatoms. The van der Waals surface area contributed by atoms with E-state index in [-0.39, 0.29) is 0 Å². The van der Waals surface area contributed by atoms with Gasteiger partial charge in [-0.3, -0.25) is 4.90 Å². The Morgan fingerprint density at radius 1 is 1.44 bits per heavy atom. The molecule has 1 heterocycles. The second-order valence-electron chi connectivity index (χ2n) is 4.96. The minimum absolute atomic E-state index is 0.605. The van der Waals surface area contributed by atoms with E-state index in [9.17, 15) is 0 Å². The van der Waals surface area contributed by atoms with Gasteiger partial charge in [0.25, 0.3) is 0 Å². The van der Waals surface area contributed by atoms with E-state index in [1.54, 1.807) is 7.11 Å². The number of nitriles is 1. The van der Waals surface area contributed by atoms with E-state index in [1.807, 2.05) is 18.2 Å². The van der Waals surface area contributed by atoms with Crippen molar-refractivity contribution in [1.82, 2.24) is 4.90 Å². The predicted molar refractivity (Wildman–Crippen MR) is 71.4 cm³/mol. The predicted octanol–water partition coefficient (Wildman–Crippen LogP) is 2.94. The topological polar surface area (TPSA) is 36.3 Å². The molecule has 1 unspecified atom stereocenters. The fraction of sp³-hybridized carbons (Fsp3) is 0.533. The average Bonchev–Trinajstić information content (AvgIpc) is 2.41. The number of hydrogen-bond acceptors (Lipinski definition) is 3. The lowest BCUT2D eigenvalue weighted by molar-refractivity contribution is 0.152. The molecule has 18 heavy (non-hydrogen) atoms. The van der Waals surface area contributed by atoms with Gasteiger partial charge in [-0.2, -0.15) is 5.26 Å². The molecular weight excluding hydrogens is 224 g/mol. The molecule has 0 aliphatic carbocycles. The van der Waals surface area contributed by atoms with Crippen LogP contribution in [0.1, 0.15) is 37.3 Å². The molecule has 1 aromatic rings. The molecule has 0 aromatic heterocycles. The van der Waals surface area contributed by atoms with Gasteiger partial charge in [-0.15, -0.1) is 0 Å². The van der Waals surface area contributed by atoms with E-state index in [0.717, 1.165) is 6.54 Å². The van der Waals surface area contributed by atoms with Gasteiger partial charge in [0.1, 0.15) is 11.8 Å². The number of likely N-dealkylation sites (tertiary alicyclic amines) is 1. The third-order valence-corrected chi connectivity index (χ3v) is 3.71. The molecule has 96 valence electrons. The van der Waals surface area contributed by atoms with Crippen LogP contribution in [0.3, 0.4) is 0 Å². The number of methoxy groups -OCH3 is 1. The zero-order valence-electron chi connectivity index (χ0n) is 11.1. The second-order valence-corrected chi connectivity index (χ2v) is 4.96. The summed E-state index contributed by atoms with van der Waals surface area (Å²) in [5.41, 5.74) is 1.83. The lowest BCUT2D eigenvalue weighted by atomic mass is 10.0. The molecule has 1 aliphatic rings. The molecule has 1 aromatic carbocycles. The van der Waals surface area contributed by atoms with Gasteiger partial charge in [-0.25, -0.2) is 0 Å². The number of rotatable bonds is 3. The third kappa shape index (κ3) is 2.83. The Kier molecular flexibility index (Phi) is 4.22. The van der Waals surface area contributed by atoms with E-state index in [2.05, 4.69) is 17.9 Å². The van der Waals surface area contributed by atoms with Crippen molar-refractivity contribution in [3.8, 4) is 11.8 Å². The summed E-state index contributed by atoms with van der Waals surface area (Å²) >= 11 is 0. The SMILES string of the molecule is COc1cc(CN2CCCCC2C)ccc1C#N. The molecule has 1 fully saturated rings. The first-order valence-electron chi connectivity index (χ1n) is 6.55. The Labute approximate surface area is 109 Å². The number of nitrogens with zero attached hydrogens (tertiary/aromatic N) is 2. The first-order valence-corrected chi connectivity index (χ1v) is 6.55. The van der Waals surface area contributed by atoms with Crippen molar-refractivity contribution < 1.29 is 4.74 Å². The van der Waals surface area contributed by atoms with Gasteiger partial charge in [-0.05, 0) is 44.0 Å². The van der Waals surface area contributed by atoms with Crippen molar-refractivity contribution in [2.45, 2.75) is 38.8 Å². The van der Waals surface area contributed by atoms with Crippen LogP contribution in [0.25, 0.3) is 0 Å². The summed E-state index contributed by atoms with van der Waals surface area (Å²) in [6, 6.07) is 8.67. The fourth-order valence-corrected chi connectivity index (χ4v) is 2.55. The van der Waals surface area contributed by atoms with E-state index < -0.39 is 0 Å². The van der Waals surface area contributed by atoms with E-state index >= 15 is 0 Å². The molecule has 1 aliphatic heterocycles. The molecule has 0 bridgehead atoms. The Balaban J connectivity index is 2.12. The summed E-state index contributed by atoms with van der Waals surface area (Å²) in [6.07, 6.45) is 3.92. The van der Waals surface area contributed by atoms with Crippen LogP contribution >= 0.6 is 0 Å². The highest BCUT2D eigenvalue weighted by atomic mass is 16.5. The largest absolute Gasteiger partial charge is 0.495 e. The van der Waals surface area contributed by atoms with Crippen LogP contribution in [0.4, 0.5) is 0 Å². The summed E-state index contributed by atoms with van der Waals surface area (Å²) in [7, 11) is 1.61.